The highest BCUT2D eigenvalue weighted by Gasteiger charge is 2.35. The van der Waals surface area contributed by atoms with E-state index in [2.05, 4.69) is 10.6 Å². The third-order valence-electron chi connectivity index (χ3n) is 11.3. The number of allylic oxidation sites excluding steroid dienone is 3. The summed E-state index contributed by atoms with van der Waals surface area (Å²) < 4.78 is 17.1. The van der Waals surface area contributed by atoms with Crippen molar-refractivity contribution in [3.05, 3.63) is 101 Å². The monoisotopic (exact) mass is 932 g/mol. The number of likely N-dealkylation sites (N-methyl/N-ethyl adjacent to an activating group) is 2. The van der Waals surface area contributed by atoms with E-state index >= 15 is 0 Å². The number of nitrogens with zero attached hydrogens (tertiary/aromatic N) is 2. The van der Waals surface area contributed by atoms with Gasteiger partial charge >= 0.3 is 11.9 Å². The number of aliphatic hydroxyl groups excluding tert-OH is 1. The maximum Gasteiger partial charge on any atom is 0.335 e. The zero-order valence-corrected chi connectivity index (χ0v) is 41.2. The number of benzene rings is 2. The van der Waals surface area contributed by atoms with Gasteiger partial charge in [-0.05, 0) is 81.7 Å². The molecule has 0 radical (unpaired) electrons. The summed E-state index contributed by atoms with van der Waals surface area (Å²) in [6.07, 6.45) is 4.18. The van der Waals surface area contributed by atoms with Gasteiger partial charge in [-0.3, -0.25) is 24.0 Å². The van der Waals surface area contributed by atoms with Gasteiger partial charge in [-0.25, -0.2) is 9.59 Å². The highest BCUT2D eigenvalue weighted by atomic mass is 16.6. The second kappa shape index (κ2) is 28.0. The van der Waals surface area contributed by atoms with Crippen LogP contribution in [0.25, 0.3) is 0 Å². The molecule has 5 N–H and O–H groups in total. The first kappa shape index (κ1) is 56.8. The van der Waals surface area contributed by atoms with Crippen LogP contribution >= 0.6 is 0 Å². The molecule has 0 aromatic heterocycles. The zero-order chi connectivity index (χ0) is 50.5. The Balaban J connectivity index is 2.31. The minimum absolute atomic E-state index is 0.0262. The summed E-state index contributed by atoms with van der Waals surface area (Å²) in [5.41, 5.74) is 8.17. The fourth-order valence-electron chi connectivity index (χ4n) is 6.81. The molecule has 0 heterocycles. The summed E-state index contributed by atoms with van der Waals surface area (Å²) in [5, 5.41) is 14.9. The molecule has 2 rings (SSSR count). The molecular formula is C51H73N5O11. The molecule has 1 unspecified atom stereocenters. The second-order valence-electron chi connectivity index (χ2n) is 17.5. The Morgan fingerprint density at radius 1 is 0.836 bits per heavy atom. The lowest BCUT2D eigenvalue weighted by Crippen LogP contribution is -2.57. The fourth-order valence-corrected chi connectivity index (χ4v) is 6.81. The highest BCUT2D eigenvalue weighted by molar-refractivity contribution is 5.95. The molecule has 368 valence electrons. The van der Waals surface area contributed by atoms with Crippen LogP contribution in [0.2, 0.25) is 0 Å². The molecule has 0 saturated carbocycles. The average molecular weight is 932 g/mol. The predicted octanol–water partition coefficient (Wildman–Crippen LogP) is 4.97. The van der Waals surface area contributed by atoms with Crippen LogP contribution < -0.4 is 21.1 Å². The molecule has 0 fully saturated rings. The smallest absolute Gasteiger partial charge is 0.335 e. The molecule has 0 aliphatic carbocycles. The normalized spacial score (nSPS) is 15.5. The van der Waals surface area contributed by atoms with Crippen molar-refractivity contribution >= 4 is 41.5 Å². The summed E-state index contributed by atoms with van der Waals surface area (Å²) in [6.45, 7) is 17.0. The van der Waals surface area contributed by atoms with Crippen LogP contribution in [0.4, 0.5) is 0 Å². The molecule has 8 atom stereocenters. The van der Waals surface area contributed by atoms with Crippen LogP contribution in [0.1, 0.15) is 93.2 Å². The lowest BCUT2D eigenvalue weighted by Gasteiger charge is -2.33. The number of primary amides is 1. The Hall–Kier alpha value is -6.29. The van der Waals surface area contributed by atoms with E-state index < -0.39 is 84.5 Å². The number of nitrogens with two attached hydrogens (primary N) is 1. The Kier molecular flexibility index (Phi) is 23.8. The maximum atomic E-state index is 14.2. The van der Waals surface area contributed by atoms with Crippen LogP contribution in [0, 0.1) is 17.8 Å². The zero-order valence-electron chi connectivity index (χ0n) is 41.2. The summed E-state index contributed by atoms with van der Waals surface area (Å²) in [6, 6.07) is 13.4. The Labute approximate surface area is 396 Å². The molecular weight excluding hydrogens is 859 g/mol. The minimum atomic E-state index is -1.29. The average Bonchev–Trinajstić information content (AvgIpc) is 3.29. The predicted molar refractivity (Wildman–Crippen MR) is 256 cm³/mol. The van der Waals surface area contributed by atoms with Crippen molar-refractivity contribution in [1.82, 2.24) is 20.4 Å². The Morgan fingerprint density at radius 3 is 2.01 bits per heavy atom. The van der Waals surface area contributed by atoms with Crippen LogP contribution in [0.3, 0.4) is 0 Å². The summed E-state index contributed by atoms with van der Waals surface area (Å²) in [4.78, 5) is 95.2. The molecule has 5 amide bonds. The van der Waals surface area contributed by atoms with E-state index in [4.69, 9.17) is 19.9 Å². The molecule has 0 aliphatic rings. The van der Waals surface area contributed by atoms with E-state index in [0.717, 1.165) is 16.0 Å². The van der Waals surface area contributed by atoms with Gasteiger partial charge in [-0.2, -0.15) is 0 Å². The molecule has 0 bridgehead atoms. The maximum absolute atomic E-state index is 14.2. The van der Waals surface area contributed by atoms with Crippen molar-refractivity contribution in [3.63, 3.8) is 0 Å². The van der Waals surface area contributed by atoms with E-state index in [0.29, 0.717) is 24.3 Å². The first-order valence-corrected chi connectivity index (χ1v) is 22.7. The molecule has 0 saturated heterocycles. The molecule has 2 aromatic rings. The van der Waals surface area contributed by atoms with Crippen LogP contribution in [-0.4, -0.2) is 113 Å². The Bertz CT molecular complexity index is 2070. The number of hydrogen-bond acceptors (Lipinski definition) is 11. The van der Waals surface area contributed by atoms with Crippen LogP contribution in [-0.2, 0) is 56.1 Å². The van der Waals surface area contributed by atoms with Crippen molar-refractivity contribution < 1.29 is 52.9 Å². The second-order valence-corrected chi connectivity index (χ2v) is 17.5. The van der Waals surface area contributed by atoms with E-state index in [-0.39, 0.29) is 36.2 Å². The molecule has 0 spiro atoms. The Morgan fingerprint density at radius 2 is 1.46 bits per heavy atom. The van der Waals surface area contributed by atoms with Crippen molar-refractivity contribution in [1.29, 1.82) is 0 Å². The molecule has 0 aliphatic heterocycles. The van der Waals surface area contributed by atoms with Crippen molar-refractivity contribution in [2.45, 2.75) is 132 Å². The molecule has 2 aromatic carbocycles. The standard InChI is InChI=1S/C51H73N5O11/c1-13-32(5)44(46(52)59)54-43(58)29-55(11)49(62)41(28-38-23-25-40(26-24-38)65-30-39-21-16-15-17-22-39)56(12)48(61)36(9)53-47(60)42(27-31(3)4)66-50(63)35(8)20-18-19-34(7)45(33(6)14-2)67-51(64)37(10)57/h14-26,31-32,34,36-37,41-42,44-45,57H,13,27-30H2,1-12H3,(H2,52,59)(H,53,60)(H,54,58)/b19-18+,33-14+,35-20+/t32?,34-,36-,37+,41+,42+,44-,45+/m0/s1. The lowest BCUT2D eigenvalue weighted by molar-refractivity contribution is -0.157. The molecule has 16 nitrogen and oxygen atoms in total. The van der Waals surface area contributed by atoms with Crippen molar-refractivity contribution in [3.8, 4) is 5.75 Å². The number of aliphatic hydroxyl groups is 1. The summed E-state index contributed by atoms with van der Waals surface area (Å²) in [5.74, 6) is -4.85. The number of carbonyl (C=O) groups is 7. The van der Waals surface area contributed by atoms with Gasteiger partial charge in [0.05, 0.1) is 6.54 Å². The number of esters is 2. The first-order valence-electron chi connectivity index (χ1n) is 22.7. The fraction of sp³-hybridized carbons (Fsp3) is 0.510. The van der Waals surface area contributed by atoms with Gasteiger partial charge in [0.2, 0.25) is 23.6 Å². The number of nitrogens with one attached hydrogen (secondary N) is 2. The SMILES string of the molecule is C/C=C(\C)[C@@H](OC(=O)[C@@H](C)O)[C@@H](C)/C=C/C=C(\C)C(=O)O[C@H](CC(C)C)C(=O)N[C@@H](C)C(=O)N(C)[C@H](Cc1ccc(OCc2ccccc2)cc1)C(=O)N(C)CC(=O)N[C@H](C(N)=O)C(C)CC. The van der Waals surface area contributed by atoms with E-state index in [9.17, 15) is 38.7 Å². The summed E-state index contributed by atoms with van der Waals surface area (Å²) >= 11 is 0. The molecule has 67 heavy (non-hydrogen) atoms. The number of rotatable bonds is 26. The third kappa shape index (κ3) is 18.9. The van der Waals surface area contributed by atoms with Crippen molar-refractivity contribution in [2.24, 2.45) is 23.5 Å². The van der Waals surface area contributed by atoms with Gasteiger partial charge in [0, 0.05) is 32.0 Å². The topological polar surface area (TPSA) is 224 Å². The van der Waals surface area contributed by atoms with Gasteiger partial charge in [-0.15, -0.1) is 0 Å². The van der Waals surface area contributed by atoms with Crippen LogP contribution in [0.5, 0.6) is 5.75 Å². The van der Waals surface area contributed by atoms with E-state index in [1.807, 2.05) is 58.0 Å². The third-order valence-corrected chi connectivity index (χ3v) is 11.3. The van der Waals surface area contributed by atoms with Gasteiger partial charge < -0.3 is 45.5 Å². The van der Waals surface area contributed by atoms with Gasteiger partial charge in [0.15, 0.2) is 6.10 Å². The number of hydrogen-bond donors (Lipinski definition) is 4. The minimum Gasteiger partial charge on any atom is -0.489 e. The van der Waals surface area contributed by atoms with Crippen LogP contribution in [0.15, 0.2) is 90.0 Å². The highest BCUT2D eigenvalue weighted by Crippen LogP contribution is 2.21. The van der Waals surface area contributed by atoms with Gasteiger partial charge in [0.25, 0.3) is 5.91 Å². The van der Waals surface area contributed by atoms with E-state index in [1.165, 1.54) is 45.8 Å². The van der Waals surface area contributed by atoms with Crippen molar-refractivity contribution in [2.75, 3.05) is 20.6 Å². The van der Waals surface area contributed by atoms with E-state index in [1.54, 1.807) is 63.3 Å². The quantitative estimate of drug-likeness (QED) is 0.0427. The lowest BCUT2D eigenvalue weighted by atomic mass is 9.97. The largest absolute Gasteiger partial charge is 0.489 e. The molecule has 16 heteroatoms. The number of amides is 5. The first-order chi connectivity index (χ1) is 31.5. The number of ether oxygens (including phenoxy) is 3. The van der Waals surface area contributed by atoms with Gasteiger partial charge in [0.1, 0.15) is 42.7 Å². The summed E-state index contributed by atoms with van der Waals surface area (Å²) in [7, 11) is 2.84. The van der Waals surface area contributed by atoms with Gasteiger partial charge in [-0.1, -0.05) is 108 Å². The number of carbonyl (C=O) groups excluding carboxylic acids is 7.